The lowest BCUT2D eigenvalue weighted by Crippen LogP contribution is -2.10. The Morgan fingerprint density at radius 1 is 0.609 bits per heavy atom. The number of hydrogen-bond acceptors (Lipinski definition) is 3. The number of pyridine rings is 1. The van der Waals surface area contributed by atoms with E-state index in [2.05, 4.69) is 162 Å². The first-order valence-corrected chi connectivity index (χ1v) is 15.8. The Hall–Kier alpha value is -5.93. The molecule has 0 fully saturated rings. The SMILES string of the molecule is C1=CC(c2ccc(N(c3ccccc3)c3ccc(-c4cncc5c4oc4ccc6ccccc6c45)cc3)cc2)Cc2ccccc21. The molecule has 0 saturated carbocycles. The van der Waals surface area contributed by atoms with Gasteiger partial charge in [-0.05, 0) is 81.9 Å². The molecule has 0 spiro atoms. The molecule has 3 nitrogen and oxygen atoms in total. The molecular formula is C43H30N2O. The summed E-state index contributed by atoms with van der Waals surface area (Å²) in [5, 5.41) is 4.53. The average Bonchev–Trinajstić information content (AvgIpc) is 3.52. The van der Waals surface area contributed by atoms with Crippen molar-refractivity contribution >= 4 is 55.8 Å². The number of anilines is 3. The van der Waals surface area contributed by atoms with Gasteiger partial charge in [-0.25, -0.2) is 0 Å². The van der Waals surface area contributed by atoms with Gasteiger partial charge in [0.05, 0.1) is 0 Å². The molecule has 218 valence electrons. The van der Waals surface area contributed by atoms with Crippen molar-refractivity contribution in [3.63, 3.8) is 0 Å². The lowest BCUT2D eigenvalue weighted by atomic mass is 9.85. The summed E-state index contributed by atoms with van der Waals surface area (Å²) in [6.45, 7) is 0. The van der Waals surface area contributed by atoms with Crippen LogP contribution in [0.15, 0.2) is 162 Å². The molecule has 0 N–H and O–H groups in total. The molecule has 2 aromatic heterocycles. The van der Waals surface area contributed by atoms with Crippen LogP contribution in [0.1, 0.15) is 22.6 Å². The van der Waals surface area contributed by atoms with Gasteiger partial charge in [-0.1, -0.05) is 109 Å². The van der Waals surface area contributed by atoms with Crippen LogP contribution in [0.2, 0.25) is 0 Å². The van der Waals surface area contributed by atoms with E-state index in [0.29, 0.717) is 5.92 Å². The molecule has 1 atom stereocenters. The lowest BCUT2D eigenvalue weighted by Gasteiger charge is -2.26. The van der Waals surface area contributed by atoms with Gasteiger partial charge in [0.1, 0.15) is 11.2 Å². The summed E-state index contributed by atoms with van der Waals surface area (Å²) in [5.74, 6) is 0.376. The number of nitrogens with zero attached hydrogens (tertiary/aromatic N) is 2. The highest BCUT2D eigenvalue weighted by atomic mass is 16.3. The van der Waals surface area contributed by atoms with Crippen molar-refractivity contribution < 1.29 is 4.42 Å². The second-order valence-corrected chi connectivity index (χ2v) is 12.0. The zero-order chi connectivity index (χ0) is 30.5. The van der Waals surface area contributed by atoms with Gasteiger partial charge < -0.3 is 9.32 Å². The number of para-hydroxylation sites is 1. The number of rotatable bonds is 5. The maximum absolute atomic E-state index is 6.49. The van der Waals surface area contributed by atoms with E-state index in [4.69, 9.17) is 4.42 Å². The fourth-order valence-corrected chi connectivity index (χ4v) is 6.99. The predicted octanol–water partition coefficient (Wildman–Crippen LogP) is 11.6. The molecule has 0 radical (unpaired) electrons. The standard InChI is InChI=1S/C43H30N2O/c1-2-11-35(12-3-1)45(36-21-16-30(17-22-36)34-15-14-29-8-4-5-10-33(29)26-34)37-23-18-32(19-24-37)39-27-44-28-40-42-38-13-7-6-9-31(38)20-25-41(42)46-43(39)40/h1-25,27-28,34H,26H2. The fraction of sp³-hybridized carbons (Fsp3) is 0.0465. The van der Waals surface area contributed by atoms with Gasteiger partial charge in [-0.15, -0.1) is 0 Å². The fourth-order valence-electron chi connectivity index (χ4n) is 6.99. The molecule has 0 bridgehead atoms. The smallest absolute Gasteiger partial charge is 0.146 e. The zero-order valence-corrected chi connectivity index (χ0v) is 25.2. The van der Waals surface area contributed by atoms with Crippen molar-refractivity contribution in [2.45, 2.75) is 12.3 Å². The molecule has 1 aliphatic carbocycles. The van der Waals surface area contributed by atoms with Gasteiger partial charge in [0.2, 0.25) is 0 Å². The number of hydrogen-bond donors (Lipinski definition) is 0. The monoisotopic (exact) mass is 590 g/mol. The number of furan rings is 1. The summed E-state index contributed by atoms with van der Waals surface area (Å²) < 4.78 is 6.49. The molecule has 3 heteroatoms. The second kappa shape index (κ2) is 10.9. The van der Waals surface area contributed by atoms with Gasteiger partial charge in [-0.3, -0.25) is 4.98 Å². The van der Waals surface area contributed by atoms with E-state index < -0.39 is 0 Å². The van der Waals surface area contributed by atoms with E-state index in [1.807, 2.05) is 12.4 Å². The topological polar surface area (TPSA) is 29.3 Å². The van der Waals surface area contributed by atoms with Crippen molar-refractivity contribution in [2.24, 2.45) is 0 Å². The van der Waals surface area contributed by atoms with Gasteiger partial charge in [0.15, 0.2) is 0 Å². The van der Waals surface area contributed by atoms with E-state index in [-0.39, 0.29) is 0 Å². The van der Waals surface area contributed by atoms with Crippen molar-refractivity contribution in [3.8, 4) is 11.1 Å². The van der Waals surface area contributed by atoms with Crippen LogP contribution in [0.3, 0.4) is 0 Å². The molecule has 46 heavy (non-hydrogen) atoms. The molecule has 0 amide bonds. The normalized spacial score (nSPS) is 14.1. The highest BCUT2D eigenvalue weighted by Crippen LogP contribution is 2.41. The van der Waals surface area contributed by atoms with E-state index in [1.54, 1.807) is 0 Å². The Balaban J connectivity index is 1.08. The molecule has 6 aromatic carbocycles. The van der Waals surface area contributed by atoms with Crippen molar-refractivity contribution in [2.75, 3.05) is 4.90 Å². The maximum Gasteiger partial charge on any atom is 0.146 e. The molecule has 1 aliphatic rings. The van der Waals surface area contributed by atoms with E-state index in [1.165, 1.54) is 27.5 Å². The number of fused-ring (bicyclic) bond motifs is 6. The summed E-state index contributed by atoms with van der Waals surface area (Å²) in [6.07, 6.45) is 9.46. The van der Waals surface area contributed by atoms with Crippen molar-refractivity contribution in [1.82, 2.24) is 4.98 Å². The number of allylic oxidation sites excluding steroid dienone is 1. The Kier molecular flexibility index (Phi) is 6.27. The molecule has 2 heterocycles. The first-order chi connectivity index (χ1) is 22.8. The van der Waals surface area contributed by atoms with Crippen LogP contribution < -0.4 is 4.90 Å². The third-order valence-corrected chi connectivity index (χ3v) is 9.30. The minimum atomic E-state index is 0.376. The van der Waals surface area contributed by atoms with Crippen LogP contribution in [0.5, 0.6) is 0 Å². The van der Waals surface area contributed by atoms with E-state index >= 15 is 0 Å². The lowest BCUT2D eigenvalue weighted by molar-refractivity contribution is 0.670. The van der Waals surface area contributed by atoms with Crippen LogP contribution in [0, 0.1) is 0 Å². The van der Waals surface area contributed by atoms with E-state index in [0.717, 1.165) is 56.5 Å². The quantitative estimate of drug-likeness (QED) is 0.200. The molecule has 9 rings (SSSR count). The summed E-state index contributed by atoms with van der Waals surface area (Å²) in [7, 11) is 0. The molecule has 0 saturated heterocycles. The van der Waals surface area contributed by atoms with Gasteiger partial charge in [0.25, 0.3) is 0 Å². The highest BCUT2D eigenvalue weighted by Gasteiger charge is 2.19. The largest absolute Gasteiger partial charge is 0.455 e. The van der Waals surface area contributed by atoms with Gasteiger partial charge in [-0.2, -0.15) is 0 Å². The molecule has 1 unspecified atom stereocenters. The summed E-state index contributed by atoms with van der Waals surface area (Å²) in [6, 6.07) is 49.6. The Morgan fingerprint density at radius 2 is 1.33 bits per heavy atom. The van der Waals surface area contributed by atoms with Crippen LogP contribution in [0.25, 0.3) is 49.9 Å². The van der Waals surface area contributed by atoms with Gasteiger partial charge in [0, 0.05) is 51.7 Å². The first-order valence-electron chi connectivity index (χ1n) is 15.8. The van der Waals surface area contributed by atoms with Gasteiger partial charge >= 0.3 is 0 Å². The van der Waals surface area contributed by atoms with Crippen molar-refractivity contribution in [1.29, 1.82) is 0 Å². The molecular weight excluding hydrogens is 560 g/mol. The third kappa shape index (κ3) is 4.48. The molecule has 8 aromatic rings. The average molecular weight is 591 g/mol. The Labute approximate surface area is 267 Å². The van der Waals surface area contributed by atoms with Crippen LogP contribution in [0.4, 0.5) is 17.1 Å². The van der Waals surface area contributed by atoms with Crippen LogP contribution in [-0.2, 0) is 6.42 Å². The summed E-state index contributed by atoms with van der Waals surface area (Å²) in [5.41, 5.74) is 11.2. The third-order valence-electron chi connectivity index (χ3n) is 9.30. The second-order valence-electron chi connectivity index (χ2n) is 12.0. The minimum absolute atomic E-state index is 0.376. The maximum atomic E-state index is 6.49. The van der Waals surface area contributed by atoms with E-state index in [9.17, 15) is 0 Å². The van der Waals surface area contributed by atoms with Crippen LogP contribution >= 0.6 is 0 Å². The van der Waals surface area contributed by atoms with Crippen LogP contribution in [-0.4, -0.2) is 4.98 Å². The summed E-state index contributed by atoms with van der Waals surface area (Å²) >= 11 is 0. The number of aromatic nitrogens is 1. The highest BCUT2D eigenvalue weighted by molar-refractivity contribution is 6.20. The first kappa shape index (κ1) is 26.5. The Bertz CT molecular complexity index is 2390. The zero-order valence-electron chi connectivity index (χ0n) is 25.2. The minimum Gasteiger partial charge on any atom is -0.455 e. The van der Waals surface area contributed by atoms with Crippen molar-refractivity contribution in [3.05, 3.63) is 175 Å². The molecule has 0 aliphatic heterocycles. The number of benzene rings is 6. The summed E-state index contributed by atoms with van der Waals surface area (Å²) in [4.78, 5) is 6.97. The Morgan fingerprint density at radius 3 is 2.17 bits per heavy atom. The predicted molar refractivity (Wildman–Crippen MR) is 191 cm³/mol.